The molecule has 0 bridgehead atoms. The number of fused-ring (bicyclic) bond motifs is 3. The Morgan fingerprint density at radius 3 is 2.65 bits per heavy atom. The molecule has 2 heteroatoms. The minimum Gasteiger partial charge on any atom is -0.207 e. The molecule has 0 spiro atoms. The van der Waals surface area contributed by atoms with Crippen LogP contribution in [-0.4, -0.2) is 0 Å². The fourth-order valence-electron chi connectivity index (χ4n) is 6.17. The van der Waals surface area contributed by atoms with E-state index in [-0.39, 0.29) is 16.6 Å². The van der Waals surface area contributed by atoms with Crippen molar-refractivity contribution in [1.82, 2.24) is 0 Å². The Balaban J connectivity index is 1.89. The second kappa shape index (κ2) is 4.19. The van der Waals surface area contributed by atoms with Gasteiger partial charge in [0.2, 0.25) is 5.69 Å². The first kappa shape index (κ1) is 14.9. The van der Waals surface area contributed by atoms with Gasteiger partial charge in [0.05, 0.1) is 16.9 Å². The molecule has 2 heterocycles. The average molecular weight is 344 g/mol. The van der Waals surface area contributed by atoms with Gasteiger partial charge in [0, 0.05) is 22.5 Å². The molecule has 0 amide bonds. The van der Waals surface area contributed by atoms with Gasteiger partial charge >= 0.3 is 0 Å². The van der Waals surface area contributed by atoms with Gasteiger partial charge in [-0.2, -0.15) is 4.57 Å². The Bertz CT molecular complexity index is 1140. The summed E-state index contributed by atoms with van der Waals surface area (Å²) in [6, 6.07) is 13.0. The topological polar surface area (TPSA) is 3.88 Å². The summed E-state index contributed by atoms with van der Waals surface area (Å²) >= 11 is 0. The fraction of sp³-hybridized carbons (Fsp3) is 0.375. The Kier molecular flexibility index (Phi) is 2.40. The van der Waals surface area contributed by atoms with E-state index < -0.39 is 0 Å². The summed E-state index contributed by atoms with van der Waals surface area (Å²) in [5, 5.41) is 2.59. The van der Waals surface area contributed by atoms with Gasteiger partial charge in [0.1, 0.15) is 5.82 Å². The third kappa shape index (κ3) is 1.37. The molecule has 1 fully saturated rings. The summed E-state index contributed by atoms with van der Waals surface area (Å²) in [6.45, 7) is 9.05. The molecule has 2 aliphatic carbocycles. The Morgan fingerprint density at radius 1 is 1.08 bits per heavy atom. The Morgan fingerprint density at radius 2 is 1.88 bits per heavy atom. The van der Waals surface area contributed by atoms with Crippen molar-refractivity contribution in [3.05, 3.63) is 65.1 Å². The lowest BCUT2D eigenvalue weighted by Crippen LogP contribution is -2.42. The minimum absolute atomic E-state index is 0.0656. The van der Waals surface area contributed by atoms with Gasteiger partial charge in [-0.25, -0.2) is 4.39 Å². The summed E-state index contributed by atoms with van der Waals surface area (Å²) in [5.74, 6) is 0.432. The van der Waals surface area contributed by atoms with Gasteiger partial charge in [-0.1, -0.05) is 52.0 Å². The fourth-order valence-corrected chi connectivity index (χ4v) is 6.17. The van der Waals surface area contributed by atoms with Gasteiger partial charge in [0.15, 0.2) is 12.2 Å². The van der Waals surface area contributed by atoms with Crippen LogP contribution in [0.25, 0.3) is 22.0 Å². The third-order valence-corrected chi connectivity index (χ3v) is 7.72. The Labute approximate surface area is 153 Å². The van der Waals surface area contributed by atoms with Crippen molar-refractivity contribution in [3.8, 4) is 11.3 Å². The van der Waals surface area contributed by atoms with Gasteiger partial charge in [-0.3, -0.25) is 0 Å². The normalized spacial score (nSPS) is 28.8. The predicted octanol–water partition coefficient (Wildman–Crippen LogP) is 5.64. The molecule has 1 aromatic heterocycles. The maximum absolute atomic E-state index is 15.2. The molecule has 3 aromatic rings. The monoisotopic (exact) mass is 344 g/mol. The van der Waals surface area contributed by atoms with Crippen LogP contribution in [0.5, 0.6) is 0 Å². The number of halogens is 1. The molecule has 3 atom stereocenters. The molecule has 0 saturated heterocycles. The summed E-state index contributed by atoms with van der Waals surface area (Å²) in [4.78, 5) is 0. The molecule has 3 aliphatic rings. The molecule has 26 heavy (non-hydrogen) atoms. The molecule has 6 rings (SSSR count). The van der Waals surface area contributed by atoms with Crippen molar-refractivity contribution in [1.29, 1.82) is 0 Å². The van der Waals surface area contributed by atoms with Crippen molar-refractivity contribution >= 4 is 10.8 Å². The van der Waals surface area contributed by atoms with E-state index in [9.17, 15) is 0 Å². The van der Waals surface area contributed by atoms with Crippen molar-refractivity contribution in [2.45, 2.75) is 51.5 Å². The van der Waals surface area contributed by atoms with Gasteiger partial charge in [-0.15, -0.1) is 0 Å². The molecular formula is C24H23FN+. The van der Waals surface area contributed by atoms with E-state index in [0.29, 0.717) is 12.0 Å². The highest BCUT2D eigenvalue weighted by Gasteiger charge is 2.71. The van der Waals surface area contributed by atoms with Crippen LogP contribution < -0.4 is 4.57 Å². The van der Waals surface area contributed by atoms with E-state index >= 15 is 4.39 Å². The van der Waals surface area contributed by atoms with Crippen LogP contribution in [0.2, 0.25) is 0 Å². The smallest absolute Gasteiger partial charge is 0.207 e. The zero-order valence-electron chi connectivity index (χ0n) is 15.7. The van der Waals surface area contributed by atoms with Gasteiger partial charge in [-0.05, 0) is 29.0 Å². The number of aromatic nitrogens is 1. The molecular weight excluding hydrogens is 321 g/mol. The van der Waals surface area contributed by atoms with E-state index in [2.05, 4.69) is 68.8 Å². The summed E-state index contributed by atoms with van der Waals surface area (Å²) in [6.07, 6.45) is 3.39. The van der Waals surface area contributed by atoms with Crippen LogP contribution in [0.4, 0.5) is 4.39 Å². The van der Waals surface area contributed by atoms with Crippen molar-refractivity contribution in [2.24, 2.45) is 5.41 Å². The van der Waals surface area contributed by atoms with Gasteiger partial charge < -0.3 is 0 Å². The largest absolute Gasteiger partial charge is 0.221 e. The first-order valence-corrected chi connectivity index (χ1v) is 9.72. The number of nitrogens with zero attached hydrogens (tertiary/aromatic N) is 1. The van der Waals surface area contributed by atoms with Crippen LogP contribution in [0.15, 0.2) is 42.6 Å². The summed E-state index contributed by atoms with van der Waals surface area (Å²) in [5.41, 5.74) is 5.87. The zero-order valence-corrected chi connectivity index (χ0v) is 15.7. The second-order valence-corrected chi connectivity index (χ2v) is 9.13. The number of hydrogen-bond donors (Lipinski definition) is 0. The highest BCUT2D eigenvalue weighted by Crippen LogP contribution is 2.71. The van der Waals surface area contributed by atoms with Crippen molar-refractivity contribution in [3.63, 3.8) is 0 Å². The van der Waals surface area contributed by atoms with Crippen LogP contribution in [-0.2, 0) is 5.41 Å². The van der Waals surface area contributed by atoms with Gasteiger partial charge in [0.25, 0.3) is 0 Å². The van der Waals surface area contributed by atoms with Crippen LogP contribution in [0.3, 0.4) is 0 Å². The van der Waals surface area contributed by atoms with E-state index in [1.165, 1.54) is 33.2 Å². The molecule has 2 aromatic carbocycles. The van der Waals surface area contributed by atoms with E-state index in [0.717, 1.165) is 12.0 Å². The van der Waals surface area contributed by atoms with E-state index in [1.807, 2.05) is 0 Å². The number of pyridine rings is 1. The molecule has 1 nitrogen and oxygen atoms in total. The number of benzene rings is 2. The number of hydrogen-bond acceptors (Lipinski definition) is 0. The predicted molar refractivity (Wildman–Crippen MR) is 102 cm³/mol. The highest BCUT2D eigenvalue weighted by molar-refractivity contribution is 6.01. The van der Waals surface area contributed by atoms with Crippen LogP contribution in [0.1, 0.15) is 62.8 Å². The quantitative estimate of drug-likeness (QED) is 0.503. The first-order valence-electron chi connectivity index (χ1n) is 9.72. The first-order chi connectivity index (χ1) is 12.4. The van der Waals surface area contributed by atoms with Crippen molar-refractivity contribution in [2.75, 3.05) is 0 Å². The maximum atomic E-state index is 15.2. The molecule has 1 aliphatic heterocycles. The van der Waals surface area contributed by atoms with E-state index in [4.69, 9.17) is 0 Å². The highest BCUT2D eigenvalue weighted by atomic mass is 19.1. The van der Waals surface area contributed by atoms with Crippen molar-refractivity contribution < 1.29 is 8.96 Å². The number of rotatable bonds is 1. The third-order valence-electron chi connectivity index (χ3n) is 7.72. The lowest BCUT2D eigenvalue weighted by molar-refractivity contribution is -0.696. The lowest BCUT2D eigenvalue weighted by Gasteiger charge is -2.35. The van der Waals surface area contributed by atoms with E-state index in [1.54, 1.807) is 6.07 Å². The molecule has 0 N–H and O–H groups in total. The summed E-state index contributed by atoms with van der Waals surface area (Å²) in [7, 11) is 0. The van der Waals surface area contributed by atoms with Crippen LogP contribution >= 0.6 is 0 Å². The average Bonchev–Trinajstić information content (AvgIpc) is 3.26. The Hall–Kier alpha value is -2.22. The standard InChI is InChI=1S/C24H23FN/c1-5-24(4)19-14-9-10-16(25)20-18(14)21-17-13(11-12-26(21)22(19)24)7-6-8-15(17)23(20,2)3/h6-12,19,22H,5H2,1-4H3/q+1. The molecule has 130 valence electrons. The zero-order chi connectivity index (χ0) is 18.0. The summed E-state index contributed by atoms with van der Waals surface area (Å²) < 4.78 is 17.7. The molecule has 1 saturated carbocycles. The molecule has 3 unspecified atom stereocenters. The SMILES string of the molecule is CCC1(C)C2c3ccc(F)c4c3-c3c5c(cccc5cc[n+]3C21)C4(C)C. The second-order valence-electron chi connectivity index (χ2n) is 9.13. The maximum Gasteiger partial charge on any atom is 0.221 e. The minimum atomic E-state index is -0.328. The van der Waals surface area contributed by atoms with Crippen LogP contribution in [0, 0.1) is 11.2 Å². The molecule has 0 radical (unpaired) electrons. The lowest BCUT2D eigenvalue weighted by atomic mass is 9.67.